The second kappa shape index (κ2) is 12.1. The summed E-state index contributed by atoms with van der Waals surface area (Å²) in [5.41, 5.74) is 1.48. The lowest BCUT2D eigenvalue weighted by molar-refractivity contribution is 0.471. The number of rotatable bonds is 12. The van der Waals surface area contributed by atoms with Crippen LogP contribution in [0.4, 0.5) is 0 Å². The highest BCUT2D eigenvalue weighted by Gasteiger charge is 2.13. The molecule has 2 heteroatoms. The number of hydrogen-bond donors (Lipinski definition) is 1. The van der Waals surface area contributed by atoms with Crippen molar-refractivity contribution in [2.75, 3.05) is 12.8 Å². The lowest BCUT2D eigenvalue weighted by Crippen LogP contribution is -2.21. The van der Waals surface area contributed by atoms with E-state index in [9.17, 15) is 0 Å². The van der Waals surface area contributed by atoms with E-state index in [0.717, 1.165) is 6.54 Å². The van der Waals surface area contributed by atoms with E-state index in [1.165, 1.54) is 61.8 Å². The molecule has 120 valence electrons. The molecule has 1 aromatic carbocycles. The third-order valence-corrected chi connectivity index (χ3v) is 4.87. The highest BCUT2D eigenvalue weighted by Crippen LogP contribution is 2.29. The molecule has 0 fully saturated rings. The summed E-state index contributed by atoms with van der Waals surface area (Å²) in [5.74, 6) is 0. The first-order valence-corrected chi connectivity index (χ1v) is 9.92. The molecule has 1 aromatic rings. The van der Waals surface area contributed by atoms with Crippen LogP contribution in [0.2, 0.25) is 0 Å². The van der Waals surface area contributed by atoms with E-state index in [4.69, 9.17) is 0 Å². The first kappa shape index (κ1) is 18.6. The summed E-state index contributed by atoms with van der Waals surface area (Å²) in [6, 6.07) is 9.38. The Morgan fingerprint density at radius 2 is 1.62 bits per heavy atom. The average Bonchev–Trinajstić information content (AvgIpc) is 2.53. The van der Waals surface area contributed by atoms with Crippen LogP contribution in [0.1, 0.15) is 76.8 Å². The van der Waals surface area contributed by atoms with Gasteiger partial charge in [-0.05, 0) is 30.9 Å². The van der Waals surface area contributed by atoms with Crippen molar-refractivity contribution in [1.82, 2.24) is 5.32 Å². The monoisotopic (exact) mass is 307 g/mol. The topological polar surface area (TPSA) is 12.0 Å². The molecule has 0 amide bonds. The van der Waals surface area contributed by atoms with Gasteiger partial charge < -0.3 is 5.32 Å². The van der Waals surface area contributed by atoms with Crippen molar-refractivity contribution in [2.45, 2.75) is 76.2 Å². The Hall–Kier alpha value is -0.470. The number of nitrogens with one attached hydrogen (secondary N) is 1. The maximum Gasteiger partial charge on any atom is 0.0331 e. The Kier molecular flexibility index (Phi) is 10.7. The van der Waals surface area contributed by atoms with Crippen LogP contribution < -0.4 is 5.32 Å². The molecule has 0 radical (unpaired) electrons. The first-order valence-electron chi connectivity index (χ1n) is 8.69. The van der Waals surface area contributed by atoms with Crippen molar-refractivity contribution < 1.29 is 0 Å². The maximum atomic E-state index is 3.67. The highest BCUT2D eigenvalue weighted by molar-refractivity contribution is 7.98. The minimum Gasteiger partial charge on any atom is -0.310 e. The fourth-order valence-corrected chi connectivity index (χ4v) is 3.53. The largest absolute Gasteiger partial charge is 0.310 e. The van der Waals surface area contributed by atoms with E-state index in [-0.39, 0.29) is 0 Å². The van der Waals surface area contributed by atoms with Crippen LogP contribution >= 0.6 is 11.8 Å². The molecule has 0 aliphatic heterocycles. The zero-order valence-corrected chi connectivity index (χ0v) is 15.0. The van der Waals surface area contributed by atoms with E-state index >= 15 is 0 Å². The van der Waals surface area contributed by atoms with Gasteiger partial charge in [0.25, 0.3) is 0 Å². The summed E-state index contributed by atoms with van der Waals surface area (Å²) < 4.78 is 0. The SMILES string of the molecule is CCCCCCCCCC(NCC)c1ccccc1SC. The van der Waals surface area contributed by atoms with Gasteiger partial charge in [-0.15, -0.1) is 11.8 Å². The minimum atomic E-state index is 0.522. The van der Waals surface area contributed by atoms with E-state index in [1.54, 1.807) is 0 Å². The van der Waals surface area contributed by atoms with Gasteiger partial charge in [0, 0.05) is 10.9 Å². The van der Waals surface area contributed by atoms with Gasteiger partial charge in [-0.25, -0.2) is 0 Å². The van der Waals surface area contributed by atoms with Gasteiger partial charge in [0.05, 0.1) is 0 Å². The van der Waals surface area contributed by atoms with E-state index in [1.807, 2.05) is 11.8 Å². The highest BCUT2D eigenvalue weighted by atomic mass is 32.2. The van der Waals surface area contributed by atoms with E-state index in [0.29, 0.717) is 6.04 Å². The standard InChI is InChI=1S/C19H33NS/c1-4-6-7-8-9-10-11-15-18(20-5-2)17-14-12-13-16-19(17)21-3/h12-14,16,18,20H,4-11,15H2,1-3H3. The van der Waals surface area contributed by atoms with E-state index in [2.05, 4.69) is 49.7 Å². The van der Waals surface area contributed by atoms with Gasteiger partial charge in [-0.3, -0.25) is 0 Å². The Bertz CT molecular complexity index is 364. The summed E-state index contributed by atoms with van der Waals surface area (Å²) >= 11 is 1.86. The normalized spacial score (nSPS) is 12.5. The Labute approximate surface area is 136 Å². The van der Waals surface area contributed by atoms with Crippen LogP contribution in [-0.2, 0) is 0 Å². The van der Waals surface area contributed by atoms with Crippen molar-refractivity contribution in [1.29, 1.82) is 0 Å². The predicted octanol–water partition coefficient (Wildman–Crippen LogP) is 6.20. The zero-order valence-electron chi connectivity index (χ0n) is 14.2. The fourth-order valence-electron chi connectivity index (χ4n) is 2.87. The number of unbranched alkanes of at least 4 members (excludes halogenated alkanes) is 6. The van der Waals surface area contributed by atoms with Crippen LogP contribution in [-0.4, -0.2) is 12.8 Å². The summed E-state index contributed by atoms with van der Waals surface area (Å²) in [4.78, 5) is 1.42. The van der Waals surface area contributed by atoms with Gasteiger partial charge >= 0.3 is 0 Å². The van der Waals surface area contributed by atoms with Gasteiger partial charge in [0.2, 0.25) is 0 Å². The summed E-state index contributed by atoms with van der Waals surface area (Å²) in [7, 11) is 0. The third-order valence-electron chi connectivity index (χ3n) is 4.06. The van der Waals surface area contributed by atoms with Crippen LogP contribution in [0.15, 0.2) is 29.2 Å². The van der Waals surface area contributed by atoms with Crippen molar-refractivity contribution in [2.24, 2.45) is 0 Å². The molecular weight excluding hydrogens is 274 g/mol. The van der Waals surface area contributed by atoms with Crippen molar-refractivity contribution in [3.05, 3.63) is 29.8 Å². The predicted molar refractivity (Wildman–Crippen MR) is 97.3 cm³/mol. The molecule has 21 heavy (non-hydrogen) atoms. The lowest BCUT2D eigenvalue weighted by atomic mass is 9.99. The Morgan fingerprint density at radius 1 is 0.952 bits per heavy atom. The number of hydrogen-bond acceptors (Lipinski definition) is 2. The first-order chi connectivity index (χ1) is 10.3. The molecular formula is C19H33NS. The second-order valence-electron chi connectivity index (χ2n) is 5.76. The van der Waals surface area contributed by atoms with Crippen molar-refractivity contribution in [3.8, 4) is 0 Å². The van der Waals surface area contributed by atoms with E-state index < -0.39 is 0 Å². The minimum absolute atomic E-state index is 0.522. The van der Waals surface area contributed by atoms with Crippen LogP contribution in [0.3, 0.4) is 0 Å². The molecule has 0 bridgehead atoms. The van der Waals surface area contributed by atoms with Gasteiger partial charge in [-0.1, -0.05) is 77.0 Å². The molecule has 1 rings (SSSR count). The molecule has 0 aromatic heterocycles. The Morgan fingerprint density at radius 3 is 2.29 bits per heavy atom. The molecule has 0 saturated carbocycles. The van der Waals surface area contributed by atoms with Gasteiger partial charge in [-0.2, -0.15) is 0 Å². The second-order valence-corrected chi connectivity index (χ2v) is 6.61. The van der Waals surface area contributed by atoms with Crippen LogP contribution in [0.5, 0.6) is 0 Å². The number of thioether (sulfide) groups is 1. The van der Waals surface area contributed by atoms with Gasteiger partial charge in [0.15, 0.2) is 0 Å². The maximum absolute atomic E-state index is 3.67. The molecule has 0 saturated heterocycles. The molecule has 0 heterocycles. The molecule has 1 N–H and O–H groups in total. The molecule has 0 spiro atoms. The molecule has 1 atom stereocenters. The van der Waals surface area contributed by atoms with Crippen molar-refractivity contribution >= 4 is 11.8 Å². The quantitative estimate of drug-likeness (QED) is 0.364. The molecule has 0 aliphatic rings. The smallest absolute Gasteiger partial charge is 0.0331 e. The molecule has 1 unspecified atom stereocenters. The Balaban J connectivity index is 2.39. The average molecular weight is 308 g/mol. The lowest BCUT2D eigenvalue weighted by Gasteiger charge is -2.20. The van der Waals surface area contributed by atoms with Crippen LogP contribution in [0, 0.1) is 0 Å². The molecule has 1 nitrogen and oxygen atoms in total. The summed E-state index contributed by atoms with van der Waals surface area (Å²) in [6.07, 6.45) is 13.1. The zero-order chi connectivity index (χ0) is 15.3. The summed E-state index contributed by atoms with van der Waals surface area (Å²) in [5, 5.41) is 3.67. The fraction of sp³-hybridized carbons (Fsp3) is 0.684. The van der Waals surface area contributed by atoms with Gasteiger partial charge in [0.1, 0.15) is 0 Å². The molecule has 0 aliphatic carbocycles. The third kappa shape index (κ3) is 7.37. The van der Waals surface area contributed by atoms with Crippen LogP contribution in [0.25, 0.3) is 0 Å². The summed E-state index contributed by atoms with van der Waals surface area (Å²) in [6.45, 7) is 5.54. The van der Waals surface area contributed by atoms with Crippen molar-refractivity contribution in [3.63, 3.8) is 0 Å². The number of benzene rings is 1.